The smallest absolute Gasteiger partial charge is 0.0287 e. The van der Waals surface area contributed by atoms with Crippen LogP contribution in [-0.4, -0.2) is 0 Å². The molecule has 0 heteroatoms. The molecule has 3 aliphatic carbocycles. The van der Waals surface area contributed by atoms with E-state index in [0.29, 0.717) is 5.41 Å². The van der Waals surface area contributed by atoms with Gasteiger partial charge in [0.05, 0.1) is 0 Å². The molecule has 134 valence electrons. The number of hydrogen-bond acceptors (Lipinski definition) is 0. The predicted molar refractivity (Wildman–Crippen MR) is 101 cm³/mol. The van der Waals surface area contributed by atoms with E-state index < -0.39 is 0 Å². The van der Waals surface area contributed by atoms with Gasteiger partial charge in [-0.15, -0.1) is 0 Å². The summed E-state index contributed by atoms with van der Waals surface area (Å²) in [6.45, 7) is 15.1. The van der Waals surface area contributed by atoms with Crippen LogP contribution in [0.25, 0.3) is 0 Å². The summed E-state index contributed by atoms with van der Waals surface area (Å²) < 4.78 is 0. The molecule has 0 N–H and O–H groups in total. The highest BCUT2D eigenvalue weighted by atomic mass is 14.8. The first-order chi connectivity index (χ1) is 10.9. The van der Waals surface area contributed by atoms with Crippen molar-refractivity contribution in [3.63, 3.8) is 0 Å². The lowest BCUT2D eigenvalue weighted by Gasteiger charge is -2.49. The van der Waals surface area contributed by atoms with Gasteiger partial charge in [0.2, 0.25) is 0 Å². The summed E-state index contributed by atoms with van der Waals surface area (Å²) in [7, 11) is 0. The van der Waals surface area contributed by atoms with Gasteiger partial charge in [-0.05, 0) is 72.0 Å². The molecule has 0 heterocycles. The molecule has 0 aromatic carbocycles. The third-order valence-electron chi connectivity index (χ3n) is 8.23. The number of rotatable bonds is 10. The van der Waals surface area contributed by atoms with Gasteiger partial charge in [-0.3, -0.25) is 0 Å². The standard InChI is InChI=1S/C23H42/c1-7-8-9-10-11-15(2)12-19(14-18-13-16(18)3)22-20-17(4)21(20)23(22,5)6/h15-22H,7-14H2,1-6H3. The number of hydrogen-bond donors (Lipinski definition) is 0. The summed E-state index contributed by atoms with van der Waals surface area (Å²) in [4.78, 5) is 0. The zero-order valence-electron chi connectivity index (χ0n) is 16.8. The van der Waals surface area contributed by atoms with Gasteiger partial charge in [0, 0.05) is 0 Å². The first-order valence-electron chi connectivity index (χ1n) is 10.9. The maximum atomic E-state index is 2.59. The van der Waals surface area contributed by atoms with E-state index in [1.165, 1.54) is 44.9 Å². The Morgan fingerprint density at radius 2 is 1.78 bits per heavy atom. The average Bonchev–Trinajstić information content (AvgIpc) is 3.32. The Morgan fingerprint density at radius 1 is 1.09 bits per heavy atom. The van der Waals surface area contributed by atoms with Crippen LogP contribution < -0.4 is 0 Å². The molecule has 0 radical (unpaired) electrons. The zero-order chi connectivity index (χ0) is 16.8. The van der Waals surface area contributed by atoms with Crippen molar-refractivity contribution >= 4 is 0 Å². The normalized spacial score (nSPS) is 42.5. The van der Waals surface area contributed by atoms with Crippen molar-refractivity contribution < 1.29 is 0 Å². The van der Waals surface area contributed by atoms with Crippen LogP contribution in [0.3, 0.4) is 0 Å². The van der Waals surface area contributed by atoms with Crippen LogP contribution in [0.4, 0.5) is 0 Å². The lowest BCUT2D eigenvalue weighted by molar-refractivity contribution is -0.0114. The first-order valence-corrected chi connectivity index (χ1v) is 10.9. The quantitative estimate of drug-likeness (QED) is 0.374. The average molecular weight is 319 g/mol. The molecule has 0 aromatic rings. The van der Waals surface area contributed by atoms with Crippen molar-refractivity contribution in [1.82, 2.24) is 0 Å². The van der Waals surface area contributed by atoms with Gasteiger partial charge in [-0.25, -0.2) is 0 Å². The molecule has 0 aliphatic heterocycles. The van der Waals surface area contributed by atoms with Gasteiger partial charge in [0.25, 0.3) is 0 Å². The summed E-state index contributed by atoms with van der Waals surface area (Å²) in [6.07, 6.45) is 11.8. The second-order valence-electron chi connectivity index (χ2n) is 10.5. The fourth-order valence-corrected chi connectivity index (χ4v) is 6.80. The van der Waals surface area contributed by atoms with Gasteiger partial charge in [-0.1, -0.05) is 73.6 Å². The van der Waals surface area contributed by atoms with Crippen LogP contribution in [0.1, 0.15) is 92.9 Å². The van der Waals surface area contributed by atoms with Gasteiger partial charge < -0.3 is 0 Å². The van der Waals surface area contributed by atoms with Gasteiger partial charge in [-0.2, -0.15) is 0 Å². The maximum Gasteiger partial charge on any atom is -0.0287 e. The first kappa shape index (κ1) is 17.8. The van der Waals surface area contributed by atoms with Crippen LogP contribution in [0, 0.1) is 52.8 Å². The van der Waals surface area contributed by atoms with Crippen molar-refractivity contribution in [2.75, 3.05) is 0 Å². The van der Waals surface area contributed by atoms with E-state index in [1.54, 1.807) is 6.42 Å². The van der Waals surface area contributed by atoms with E-state index in [2.05, 4.69) is 41.5 Å². The van der Waals surface area contributed by atoms with Crippen LogP contribution >= 0.6 is 0 Å². The monoisotopic (exact) mass is 318 g/mol. The van der Waals surface area contributed by atoms with Crippen molar-refractivity contribution in [1.29, 1.82) is 0 Å². The van der Waals surface area contributed by atoms with E-state index in [0.717, 1.165) is 47.3 Å². The van der Waals surface area contributed by atoms with Crippen molar-refractivity contribution in [3.8, 4) is 0 Å². The van der Waals surface area contributed by atoms with E-state index >= 15 is 0 Å². The highest BCUT2D eigenvalue weighted by molar-refractivity contribution is 5.19. The van der Waals surface area contributed by atoms with Crippen LogP contribution in [0.5, 0.6) is 0 Å². The highest BCUT2D eigenvalue weighted by Gasteiger charge is 2.72. The number of fused-ring (bicyclic) bond motifs is 1. The highest BCUT2D eigenvalue weighted by Crippen LogP contribution is 2.77. The second-order valence-corrected chi connectivity index (χ2v) is 10.5. The molecule has 8 atom stereocenters. The molecule has 8 unspecified atom stereocenters. The molecule has 0 bridgehead atoms. The Labute approximate surface area is 146 Å². The molecule has 3 aliphatic rings. The van der Waals surface area contributed by atoms with E-state index in [1.807, 2.05) is 0 Å². The van der Waals surface area contributed by atoms with E-state index in [4.69, 9.17) is 0 Å². The molecule has 0 saturated heterocycles. The summed E-state index contributed by atoms with van der Waals surface area (Å²) in [6, 6.07) is 0. The van der Waals surface area contributed by atoms with Gasteiger partial charge >= 0.3 is 0 Å². The predicted octanol–water partition coefficient (Wildman–Crippen LogP) is 7.18. The van der Waals surface area contributed by atoms with E-state index in [-0.39, 0.29) is 0 Å². The van der Waals surface area contributed by atoms with Crippen LogP contribution in [0.2, 0.25) is 0 Å². The lowest BCUT2D eigenvalue weighted by Crippen LogP contribution is -2.43. The summed E-state index contributed by atoms with van der Waals surface area (Å²) in [5.74, 6) is 8.37. The Balaban J connectivity index is 1.54. The Morgan fingerprint density at radius 3 is 2.30 bits per heavy atom. The minimum atomic E-state index is 0.648. The molecule has 3 rings (SSSR count). The molecule has 0 aromatic heterocycles. The third-order valence-corrected chi connectivity index (χ3v) is 8.23. The molecule has 23 heavy (non-hydrogen) atoms. The Bertz CT molecular complexity index is 395. The molecule has 0 nitrogen and oxygen atoms in total. The lowest BCUT2D eigenvalue weighted by atomic mass is 9.56. The SMILES string of the molecule is CCCCCCC(C)CC(CC1CC1C)C1C2C(C)C2C1(C)C. The summed E-state index contributed by atoms with van der Waals surface area (Å²) >= 11 is 0. The van der Waals surface area contributed by atoms with Crippen LogP contribution in [0.15, 0.2) is 0 Å². The van der Waals surface area contributed by atoms with Gasteiger partial charge in [0.15, 0.2) is 0 Å². The summed E-state index contributed by atoms with van der Waals surface area (Å²) in [5.41, 5.74) is 0.648. The molecular weight excluding hydrogens is 276 g/mol. The van der Waals surface area contributed by atoms with Crippen molar-refractivity contribution in [2.45, 2.75) is 92.9 Å². The topological polar surface area (TPSA) is 0 Å². The maximum absolute atomic E-state index is 2.59. The fourth-order valence-electron chi connectivity index (χ4n) is 6.80. The molecule has 3 fully saturated rings. The zero-order valence-corrected chi connectivity index (χ0v) is 16.8. The molecule has 0 spiro atoms. The van der Waals surface area contributed by atoms with E-state index in [9.17, 15) is 0 Å². The largest absolute Gasteiger partial charge is 0.0654 e. The second kappa shape index (κ2) is 6.72. The number of unbranched alkanes of at least 4 members (excludes halogenated alkanes) is 3. The molecule has 0 amide bonds. The molecule has 3 saturated carbocycles. The Hall–Kier alpha value is 0. The van der Waals surface area contributed by atoms with Crippen LogP contribution in [-0.2, 0) is 0 Å². The minimum Gasteiger partial charge on any atom is -0.0654 e. The van der Waals surface area contributed by atoms with Gasteiger partial charge in [0.1, 0.15) is 0 Å². The fraction of sp³-hybridized carbons (Fsp3) is 1.00. The minimum absolute atomic E-state index is 0.648. The summed E-state index contributed by atoms with van der Waals surface area (Å²) in [5, 5.41) is 0. The molecular formula is C23H42. The van der Waals surface area contributed by atoms with Crippen molar-refractivity contribution in [2.24, 2.45) is 52.8 Å². The third kappa shape index (κ3) is 3.52. The Kier molecular flexibility index (Phi) is 5.20. The van der Waals surface area contributed by atoms with Crippen molar-refractivity contribution in [3.05, 3.63) is 0 Å².